The molecule has 6 heteroatoms. The maximum atomic E-state index is 13.9. The Morgan fingerprint density at radius 3 is 2.29 bits per heavy atom. The zero-order valence-electron chi connectivity index (χ0n) is 10.6. The van der Waals surface area contributed by atoms with E-state index in [9.17, 15) is 13.2 Å². The van der Waals surface area contributed by atoms with E-state index in [2.05, 4.69) is 5.16 Å². The molecule has 0 radical (unpaired) electrons. The van der Waals surface area contributed by atoms with Crippen LogP contribution in [0.3, 0.4) is 0 Å². The van der Waals surface area contributed by atoms with Gasteiger partial charge in [-0.1, -0.05) is 17.3 Å². The number of nitrogens with zero attached hydrogens (tertiary/aromatic N) is 1. The van der Waals surface area contributed by atoms with E-state index in [0.717, 1.165) is 18.2 Å². The lowest BCUT2D eigenvalue weighted by atomic mass is 10.0. The smallest absolute Gasteiger partial charge is 0.230 e. The normalized spacial score (nSPS) is 10.8. The zero-order valence-corrected chi connectivity index (χ0v) is 10.6. The highest BCUT2D eigenvalue weighted by molar-refractivity contribution is 5.86. The van der Waals surface area contributed by atoms with Crippen LogP contribution < -0.4 is 5.73 Å². The molecule has 0 aliphatic rings. The summed E-state index contributed by atoms with van der Waals surface area (Å²) < 4.78 is 45.1. The van der Waals surface area contributed by atoms with Crippen molar-refractivity contribution >= 4 is 5.88 Å². The minimum Gasteiger partial charge on any atom is -0.367 e. The third-order valence-corrected chi connectivity index (χ3v) is 3.03. The van der Waals surface area contributed by atoms with E-state index in [-0.39, 0.29) is 17.1 Å². The van der Waals surface area contributed by atoms with Crippen LogP contribution >= 0.6 is 0 Å². The highest BCUT2D eigenvalue weighted by Gasteiger charge is 2.20. The Hall–Kier alpha value is -2.76. The SMILES string of the molecule is Nc1onc(-c2cc(F)ccc2F)c1-c1ccc(F)cc1. The van der Waals surface area contributed by atoms with Gasteiger partial charge in [-0.05, 0) is 35.9 Å². The molecule has 1 aromatic heterocycles. The maximum absolute atomic E-state index is 13.9. The predicted octanol–water partition coefficient (Wildman–Crippen LogP) is 4.01. The zero-order chi connectivity index (χ0) is 15.0. The third-order valence-electron chi connectivity index (χ3n) is 3.03. The lowest BCUT2D eigenvalue weighted by Gasteiger charge is -2.04. The molecule has 3 aromatic rings. The Kier molecular flexibility index (Phi) is 3.13. The van der Waals surface area contributed by atoms with Crippen LogP contribution in [-0.2, 0) is 0 Å². The number of anilines is 1. The van der Waals surface area contributed by atoms with E-state index in [0.29, 0.717) is 11.1 Å². The van der Waals surface area contributed by atoms with Crippen LogP contribution in [-0.4, -0.2) is 5.16 Å². The predicted molar refractivity (Wildman–Crippen MR) is 71.7 cm³/mol. The minimum absolute atomic E-state index is 0.0553. The van der Waals surface area contributed by atoms with E-state index in [1.165, 1.54) is 24.3 Å². The van der Waals surface area contributed by atoms with Gasteiger partial charge in [-0.3, -0.25) is 0 Å². The first-order chi connectivity index (χ1) is 10.1. The first kappa shape index (κ1) is 13.2. The second-order valence-corrected chi connectivity index (χ2v) is 4.40. The van der Waals surface area contributed by atoms with Crippen molar-refractivity contribution in [2.75, 3.05) is 5.73 Å². The van der Waals surface area contributed by atoms with E-state index in [1.54, 1.807) is 0 Å². The summed E-state index contributed by atoms with van der Waals surface area (Å²) in [5.74, 6) is -1.75. The molecule has 2 aromatic carbocycles. The van der Waals surface area contributed by atoms with Crippen molar-refractivity contribution < 1.29 is 17.7 Å². The molecule has 0 saturated carbocycles. The van der Waals surface area contributed by atoms with Gasteiger partial charge < -0.3 is 10.3 Å². The largest absolute Gasteiger partial charge is 0.367 e. The highest BCUT2D eigenvalue weighted by atomic mass is 19.1. The summed E-state index contributed by atoms with van der Waals surface area (Å²) in [4.78, 5) is 0. The van der Waals surface area contributed by atoms with E-state index < -0.39 is 17.5 Å². The molecule has 21 heavy (non-hydrogen) atoms. The van der Waals surface area contributed by atoms with Gasteiger partial charge in [0.15, 0.2) is 0 Å². The molecule has 0 atom stereocenters. The Morgan fingerprint density at radius 1 is 0.905 bits per heavy atom. The minimum atomic E-state index is -0.659. The molecule has 1 heterocycles. The monoisotopic (exact) mass is 290 g/mol. The Morgan fingerprint density at radius 2 is 1.57 bits per heavy atom. The molecule has 0 spiro atoms. The molecule has 0 aliphatic heterocycles. The first-order valence-electron chi connectivity index (χ1n) is 6.03. The van der Waals surface area contributed by atoms with Gasteiger partial charge in [0, 0.05) is 5.56 Å². The summed E-state index contributed by atoms with van der Waals surface area (Å²) in [5, 5.41) is 3.69. The average molecular weight is 290 g/mol. The summed E-state index contributed by atoms with van der Waals surface area (Å²) in [6, 6.07) is 8.36. The molecule has 106 valence electrons. The van der Waals surface area contributed by atoms with Crippen molar-refractivity contribution in [3.8, 4) is 22.4 Å². The molecule has 0 aliphatic carbocycles. The Balaban J connectivity index is 2.21. The van der Waals surface area contributed by atoms with Crippen molar-refractivity contribution in [1.29, 1.82) is 0 Å². The number of nitrogen functional groups attached to an aromatic ring is 1. The van der Waals surface area contributed by atoms with Gasteiger partial charge in [0.2, 0.25) is 5.88 Å². The van der Waals surface area contributed by atoms with Crippen LogP contribution in [0.15, 0.2) is 47.0 Å². The van der Waals surface area contributed by atoms with Gasteiger partial charge in [0.1, 0.15) is 23.1 Å². The molecule has 3 nitrogen and oxygen atoms in total. The fourth-order valence-electron chi connectivity index (χ4n) is 2.06. The van der Waals surface area contributed by atoms with Crippen molar-refractivity contribution in [1.82, 2.24) is 5.16 Å². The van der Waals surface area contributed by atoms with Gasteiger partial charge in [0.25, 0.3) is 0 Å². The van der Waals surface area contributed by atoms with Crippen LogP contribution in [0.2, 0.25) is 0 Å². The molecule has 3 rings (SSSR count). The molecule has 0 bridgehead atoms. The number of hydrogen-bond donors (Lipinski definition) is 1. The second kappa shape index (κ2) is 4.97. The molecule has 0 fully saturated rings. The quantitative estimate of drug-likeness (QED) is 0.776. The number of hydrogen-bond acceptors (Lipinski definition) is 3. The summed E-state index contributed by atoms with van der Waals surface area (Å²) >= 11 is 0. The summed E-state index contributed by atoms with van der Waals surface area (Å²) in [7, 11) is 0. The fraction of sp³-hybridized carbons (Fsp3) is 0. The molecule has 2 N–H and O–H groups in total. The lowest BCUT2D eigenvalue weighted by molar-refractivity contribution is 0.439. The Labute approximate surface area is 117 Å². The highest BCUT2D eigenvalue weighted by Crippen LogP contribution is 2.37. The number of aromatic nitrogens is 1. The number of halogens is 3. The molecule has 0 saturated heterocycles. The molecular weight excluding hydrogens is 281 g/mol. The van der Waals surface area contributed by atoms with Gasteiger partial charge in [-0.15, -0.1) is 0 Å². The van der Waals surface area contributed by atoms with Crippen LogP contribution in [0.1, 0.15) is 0 Å². The average Bonchev–Trinajstić information content (AvgIpc) is 2.84. The van der Waals surface area contributed by atoms with Crippen molar-refractivity contribution in [2.45, 2.75) is 0 Å². The molecule has 0 amide bonds. The van der Waals surface area contributed by atoms with Gasteiger partial charge >= 0.3 is 0 Å². The van der Waals surface area contributed by atoms with Crippen molar-refractivity contribution in [3.63, 3.8) is 0 Å². The summed E-state index contributed by atoms with van der Waals surface area (Å²) in [6.45, 7) is 0. The fourth-order valence-corrected chi connectivity index (χ4v) is 2.06. The van der Waals surface area contributed by atoms with Crippen molar-refractivity contribution in [2.24, 2.45) is 0 Å². The van der Waals surface area contributed by atoms with Crippen LogP contribution in [0, 0.1) is 17.5 Å². The summed E-state index contributed by atoms with van der Waals surface area (Å²) in [6.07, 6.45) is 0. The van der Waals surface area contributed by atoms with Gasteiger partial charge in [-0.25, -0.2) is 13.2 Å². The van der Waals surface area contributed by atoms with Crippen LogP contribution in [0.4, 0.5) is 19.1 Å². The summed E-state index contributed by atoms with van der Waals surface area (Å²) in [5.41, 5.74) is 6.47. The van der Waals surface area contributed by atoms with E-state index in [1.807, 2.05) is 0 Å². The maximum Gasteiger partial charge on any atom is 0.230 e. The second-order valence-electron chi connectivity index (χ2n) is 4.40. The molecular formula is C15H9F3N2O. The number of benzene rings is 2. The van der Waals surface area contributed by atoms with Crippen LogP contribution in [0.25, 0.3) is 22.4 Å². The Bertz CT molecular complexity index is 797. The topological polar surface area (TPSA) is 52.0 Å². The van der Waals surface area contributed by atoms with Crippen molar-refractivity contribution in [3.05, 3.63) is 59.9 Å². The van der Waals surface area contributed by atoms with Crippen LogP contribution in [0.5, 0.6) is 0 Å². The van der Waals surface area contributed by atoms with Gasteiger partial charge in [0.05, 0.1) is 5.56 Å². The molecule has 0 unspecified atom stereocenters. The van der Waals surface area contributed by atoms with Gasteiger partial charge in [-0.2, -0.15) is 0 Å². The third kappa shape index (κ3) is 2.35. The van der Waals surface area contributed by atoms with E-state index >= 15 is 0 Å². The number of rotatable bonds is 2. The number of nitrogens with two attached hydrogens (primary N) is 1. The van der Waals surface area contributed by atoms with E-state index in [4.69, 9.17) is 10.3 Å². The first-order valence-corrected chi connectivity index (χ1v) is 6.03. The lowest BCUT2D eigenvalue weighted by Crippen LogP contribution is -1.91. The standard InChI is InChI=1S/C15H9F3N2O/c16-9-3-1-8(2-4-9)13-14(20-21-15(13)19)11-7-10(17)5-6-12(11)18/h1-7H,19H2.